The van der Waals surface area contributed by atoms with Crippen molar-refractivity contribution < 1.29 is 26.4 Å². The number of anilines is 2. The van der Waals surface area contributed by atoms with Crippen molar-refractivity contribution >= 4 is 108 Å². The Morgan fingerprint density at radius 3 is 1.29 bits per heavy atom. The summed E-state index contributed by atoms with van der Waals surface area (Å²) in [6.07, 6.45) is 1.93. The number of aromatic nitrogens is 2. The Morgan fingerprint density at radius 2 is 0.931 bits per heavy atom. The first-order valence-electron chi connectivity index (χ1n) is 23.9. The van der Waals surface area contributed by atoms with Crippen LogP contribution in [-0.2, 0) is 20.0 Å². The van der Waals surface area contributed by atoms with Crippen LogP contribution < -0.4 is 32.6 Å². The van der Waals surface area contributed by atoms with Crippen LogP contribution in [0.3, 0.4) is 0 Å². The molecule has 2 atom stereocenters. The van der Waals surface area contributed by atoms with Gasteiger partial charge in [0.1, 0.15) is 10.4 Å². The minimum absolute atomic E-state index is 0.0418. The number of sulfonamides is 2. The maximum absolute atomic E-state index is 13.4. The SMILES string of the molecule is C[C@@H]1CN(c2n[c]([Ge]([CH3])([CH3])[c]3ccccc3)ccc2C(=O)NS(=O)(=O)c2ccccc2)C(C)(C)C1.C[C@@H]1CN(c2nc(Br)ccc2C(=O)NS(=O)(=O)c2ccccc2)C(C)(C)C1.[CH3][Ge]([CH3])([Cl])[c]1ccccc1. The first-order chi connectivity index (χ1) is 33.6. The molecule has 0 unspecified atom stereocenters. The number of amides is 2. The third kappa shape index (κ3) is 14.0. The number of carbonyl (C=O) groups excluding carboxylic acids is 2. The van der Waals surface area contributed by atoms with Crippen molar-refractivity contribution in [2.75, 3.05) is 22.9 Å². The van der Waals surface area contributed by atoms with E-state index in [2.05, 4.69) is 129 Å². The van der Waals surface area contributed by atoms with Gasteiger partial charge in [-0.3, -0.25) is 4.79 Å². The molecule has 72 heavy (non-hydrogen) atoms. The molecule has 18 heteroatoms. The molecule has 0 bridgehead atoms. The maximum atomic E-state index is 13.4. The van der Waals surface area contributed by atoms with E-state index in [-0.39, 0.29) is 32.0 Å². The number of hydrogen-bond donors (Lipinski definition) is 2. The summed E-state index contributed by atoms with van der Waals surface area (Å²) in [6.45, 7) is 14.4. The number of pyridine rings is 2. The van der Waals surface area contributed by atoms with E-state index in [1.807, 2.05) is 42.5 Å². The fraction of sp³-hybridized carbons (Fsp3) is 0.333. The van der Waals surface area contributed by atoms with E-state index in [1.54, 1.807) is 54.6 Å². The van der Waals surface area contributed by atoms with Gasteiger partial charge in [-0.1, -0.05) is 25.1 Å². The molecule has 12 nitrogen and oxygen atoms in total. The second-order valence-corrected chi connectivity index (χ2v) is 46.4. The zero-order valence-corrected chi connectivity index (χ0v) is 50.8. The number of nitrogens with zero attached hydrogens (tertiary/aromatic N) is 4. The van der Waals surface area contributed by atoms with E-state index in [9.17, 15) is 26.4 Å². The van der Waals surface area contributed by atoms with Crippen LogP contribution in [0.1, 0.15) is 75.1 Å². The van der Waals surface area contributed by atoms with E-state index in [4.69, 9.17) is 15.0 Å². The molecule has 2 saturated heterocycles. The summed E-state index contributed by atoms with van der Waals surface area (Å²) in [7, 11) is -1.71. The van der Waals surface area contributed by atoms with Gasteiger partial charge >= 0.3 is 280 Å². The summed E-state index contributed by atoms with van der Waals surface area (Å²) in [6, 6.07) is 43.4. The molecule has 0 radical (unpaired) electrons. The fourth-order valence-corrected chi connectivity index (χ4v) is 19.0. The van der Waals surface area contributed by atoms with Crippen molar-refractivity contribution in [3.8, 4) is 0 Å². The van der Waals surface area contributed by atoms with E-state index in [1.165, 1.54) is 33.1 Å². The van der Waals surface area contributed by atoms with Crippen molar-refractivity contribution in [3.63, 3.8) is 0 Å². The van der Waals surface area contributed by atoms with Gasteiger partial charge < -0.3 is 4.90 Å². The molecular formula is C54H66BrClGe2N6O6S2. The van der Waals surface area contributed by atoms with Gasteiger partial charge in [0.25, 0.3) is 15.9 Å². The van der Waals surface area contributed by atoms with Gasteiger partial charge in [-0.25, -0.2) is 18.1 Å². The second kappa shape index (κ2) is 22.9. The van der Waals surface area contributed by atoms with Crippen LogP contribution in [0, 0.1) is 11.8 Å². The molecule has 382 valence electrons. The summed E-state index contributed by atoms with van der Waals surface area (Å²) >= 11 is -1.42. The van der Waals surface area contributed by atoms with Gasteiger partial charge in [-0.15, -0.1) is 0 Å². The van der Waals surface area contributed by atoms with Gasteiger partial charge in [0.2, 0.25) is 0 Å². The van der Waals surface area contributed by atoms with E-state index >= 15 is 0 Å². The molecule has 8 rings (SSSR count). The molecular weight excluding hydrogens is 1150 g/mol. The third-order valence-electron chi connectivity index (χ3n) is 13.0. The van der Waals surface area contributed by atoms with Crippen LogP contribution in [0.5, 0.6) is 0 Å². The molecule has 0 aliphatic carbocycles. The Labute approximate surface area is 444 Å². The molecule has 0 saturated carbocycles. The first-order valence-corrected chi connectivity index (χ1v) is 42.0. The van der Waals surface area contributed by atoms with Crippen LogP contribution in [0.15, 0.2) is 160 Å². The Bertz CT molecular complexity index is 3080. The number of rotatable bonds is 11. The summed E-state index contributed by atoms with van der Waals surface area (Å²) in [4.78, 5) is 40.2. The summed E-state index contributed by atoms with van der Waals surface area (Å²) < 4.78 is 59.5. The second-order valence-electron chi connectivity index (χ2n) is 20.9. The predicted molar refractivity (Wildman–Crippen MR) is 301 cm³/mol. The Balaban J connectivity index is 0.000000202. The third-order valence-corrected chi connectivity index (χ3v) is 27.9. The predicted octanol–water partition coefficient (Wildman–Crippen LogP) is 9.57. The molecule has 0 spiro atoms. The fourth-order valence-electron chi connectivity index (χ4n) is 9.42. The molecule has 2 aliphatic heterocycles. The average Bonchev–Trinajstić information content (AvgIpc) is 3.78. The zero-order valence-electron chi connectivity index (χ0n) is 42.7. The number of benzene rings is 4. The first kappa shape index (κ1) is 56.8. The number of halogens is 2. The quantitative estimate of drug-likeness (QED) is 0.0946. The van der Waals surface area contributed by atoms with Gasteiger partial charge in [-0.2, -0.15) is 0 Å². The Morgan fingerprint density at radius 1 is 0.569 bits per heavy atom. The zero-order chi connectivity index (χ0) is 52.9. The normalized spacial score (nSPS) is 17.4. The van der Waals surface area contributed by atoms with Gasteiger partial charge in [0.05, 0.1) is 10.5 Å². The summed E-state index contributed by atoms with van der Waals surface area (Å²) in [5.41, 5.74) is 0.129. The van der Waals surface area contributed by atoms with Crippen molar-refractivity contribution in [2.45, 2.75) is 98.3 Å². The molecule has 6 aromatic rings. The minimum atomic E-state index is -4.00. The van der Waals surface area contributed by atoms with E-state index < -0.39 is 57.5 Å². The Kier molecular flexibility index (Phi) is 18.1. The molecule has 2 fully saturated rings. The van der Waals surface area contributed by atoms with Crippen LogP contribution in [0.25, 0.3) is 0 Å². The molecule has 4 aromatic carbocycles. The molecule has 2 aromatic heterocycles. The number of nitrogens with one attached hydrogen (secondary N) is 2. The molecule has 2 N–H and O–H groups in total. The van der Waals surface area contributed by atoms with E-state index in [0.717, 1.165) is 30.5 Å². The average molecular weight is 1220 g/mol. The summed E-state index contributed by atoms with van der Waals surface area (Å²) in [5.74, 6) is 9.51. The van der Waals surface area contributed by atoms with Gasteiger partial charge in [0.15, 0.2) is 0 Å². The van der Waals surface area contributed by atoms with Crippen LogP contribution in [0.4, 0.5) is 11.6 Å². The van der Waals surface area contributed by atoms with Gasteiger partial charge in [0, 0.05) is 12.1 Å². The number of hydrogen-bond acceptors (Lipinski definition) is 10. The molecule has 2 amide bonds. The van der Waals surface area contributed by atoms with Crippen molar-refractivity contribution in [1.29, 1.82) is 0 Å². The van der Waals surface area contributed by atoms with Crippen molar-refractivity contribution in [2.24, 2.45) is 11.8 Å². The Hall–Kier alpha value is -4.52. The van der Waals surface area contributed by atoms with Crippen molar-refractivity contribution in [1.82, 2.24) is 19.4 Å². The molecule has 2 aliphatic rings. The topological polar surface area (TPSA) is 159 Å². The van der Waals surface area contributed by atoms with Crippen molar-refractivity contribution in [3.05, 3.63) is 161 Å². The van der Waals surface area contributed by atoms with E-state index in [0.29, 0.717) is 28.1 Å². The van der Waals surface area contributed by atoms with Crippen LogP contribution in [-0.4, -0.2) is 88.4 Å². The van der Waals surface area contributed by atoms with Crippen LogP contribution in [0.2, 0.25) is 23.0 Å². The summed E-state index contributed by atoms with van der Waals surface area (Å²) in [5, 5.41) is 0. The molecule has 4 heterocycles. The van der Waals surface area contributed by atoms with Gasteiger partial charge in [-0.05, 0) is 66.4 Å². The van der Waals surface area contributed by atoms with Crippen LogP contribution >= 0.6 is 25.9 Å². The monoisotopic (exact) mass is 1220 g/mol. The standard InChI is InChI=1S/C27H33GeN3O3S.C19H22BrN3O3S.C8H11ClGe/c1-20-18-27(2,3)31(19-20)25-23(26(32)30-35(33,34)22-14-10-7-11-15-22)16-17-24(29-25)28(4,5)21-12-8-6-9-13-21;1-13-11-19(2,3)23(12-13)17-15(9-10-16(20)21-17)18(24)22-27(25,26)14-7-5-4-6-8-14;1-10(2,9)8-6-4-3-5-7-8/h6-17,20H,18-19H2,1-5H3,(H,30,32);4-10,13H,11-12H2,1-3H3,(H,22,24);3-7H,1-2H3/t20-;13-;/m00./s1. The number of carbonyl (C=O) groups is 2.